The first kappa shape index (κ1) is 21.0. The van der Waals surface area contributed by atoms with Crippen LogP contribution in [0.4, 0.5) is 5.69 Å². The molecule has 2 heterocycles. The molecular formula is C23H24N4O3S. The SMILES string of the molecule is COc1cc(NC(=O)CSc2nnc3c(C)cc4ccc(C)c(C)c4n23)cc(OC)c1. The molecule has 7 nitrogen and oxygen atoms in total. The first-order valence-electron chi connectivity index (χ1n) is 9.81. The number of nitrogens with one attached hydrogen (secondary N) is 1. The number of anilines is 1. The number of hydrogen-bond acceptors (Lipinski definition) is 6. The summed E-state index contributed by atoms with van der Waals surface area (Å²) in [5, 5.41) is 13.5. The third-order valence-corrected chi connectivity index (χ3v) is 6.21. The second kappa shape index (κ2) is 8.47. The number of fused-ring (bicyclic) bond motifs is 3. The molecule has 1 amide bonds. The van der Waals surface area contributed by atoms with E-state index in [9.17, 15) is 4.79 Å². The zero-order valence-electron chi connectivity index (χ0n) is 18.1. The molecule has 0 saturated heterocycles. The van der Waals surface area contributed by atoms with Crippen molar-refractivity contribution in [1.82, 2.24) is 14.6 Å². The number of benzene rings is 2. The van der Waals surface area contributed by atoms with E-state index >= 15 is 0 Å². The molecule has 0 radical (unpaired) electrons. The van der Waals surface area contributed by atoms with Crippen LogP contribution in [-0.4, -0.2) is 40.5 Å². The molecule has 4 rings (SSSR count). The molecule has 0 unspecified atom stereocenters. The number of pyridine rings is 1. The van der Waals surface area contributed by atoms with Crippen LogP contribution in [0, 0.1) is 20.8 Å². The molecule has 160 valence electrons. The van der Waals surface area contributed by atoms with Gasteiger partial charge in [-0.2, -0.15) is 0 Å². The topological polar surface area (TPSA) is 77.8 Å². The lowest BCUT2D eigenvalue weighted by Crippen LogP contribution is -2.14. The Balaban J connectivity index is 1.61. The molecule has 0 fully saturated rings. The molecule has 0 bridgehead atoms. The van der Waals surface area contributed by atoms with E-state index in [0.717, 1.165) is 22.1 Å². The van der Waals surface area contributed by atoms with Gasteiger partial charge in [-0.3, -0.25) is 9.20 Å². The fourth-order valence-electron chi connectivity index (χ4n) is 3.56. The van der Waals surface area contributed by atoms with Crippen LogP contribution in [0.1, 0.15) is 16.7 Å². The van der Waals surface area contributed by atoms with Crippen molar-refractivity contribution in [2.24, 2.45) is 0 Å². The maximum absolute atomic E-state index is 12.6. The molecule has 8 heteroatoms. The number of ether oxygens (including phenoxy) is 2. The van der Waals surface area contributed by atoms with Crippen molar-refractivity contribution in [1.29, 1.82) is 0 Å². The van der Waals surface area contributed by atoms with Gasteiger partial charge < -0.3 is 14.8 Å². The van der Waals surface area contributed by atoms with E-state index < -0.39 is 0 Å². The van der Waals surface area contributed by atoms with Crippen LogP contribution in [0.25, 0.3) is 16.6 Å². The summed E-state index contributed by atoms with van der Waals surface area (Å²) in [7, 11) is 3.14. The summed E-state index contributed by atoms with van der Waals surface area (Å²) in [6.45, 7) is 6.22. The monoisotopic (exact) mass is 436 g/mol. The van der Waals surface area contributed by atoms with Crippen LogP contribution in [0.5, 0.6) is 11.5 Å². The molecule has 0 atom stereocenters. The number of thioether (sulfide) groups is 1. The molecule has 0 aliphatic heterocycles. The lowest BCUT2D eigenvalue weighted by atomic mass is 10.0. The van der Waals surface area contributed by atoms with Gasteiger partial charge in [0.05, 0.1) is 25.5 Å². The van der Waals surface area contributed by atoms with E-state index in [2.05, 4.69) is 52.0 Å². The van der Waals surface area contributed by atoms with E-state index in [1.165, 1.54) is 22.9 Å². The van der Waals surface area contributed by atoms with Gasteiger partial charge in [0.2, 0.25) is 5.91 Å². The van der Waals surface area contributed by atoms with E-state index in [0.29, 0.717) is 22.3 Å². The molecule has 0 spiro atoms. The van der Waals surface area contributed by atoms with Crippen molar-refractivity contribution in [2.45, 2.75) is 25.9 Å². The molecule has 0 saturated carbocycles. The van der Waals surface area contributed by atoms with Gasteiger partial charge in [0.15, 0.2) is 10.8 Å². The van der Waals surface area contributed by atoms with Gasteiger partial charge in [-0.1, -0.05) is 23.9 Å². The van der Waals surface area contributed by atoms with Gasteiger partial charge >= 0.3 is 0 Å². The number of hydrogen-bond donors (Lipinski definition) is 1. The largest absolute Gasteiger partial charge is 0.497 e. The fraction of sp³-hybridized carbons (Fsp3) is 0.261. The van der Waals surface area contributed by atoms with Crippen molar-refractivity contribution >= 4 is 39.9 Å². The minimum Gasteiger partial charge on any atom is -0.497 e. The Morgan fingerprint density at radius 1 is 1.00 bits per heavy atom. The number of nitrogens with zero attached hydrogens (tertiary/aromatic N) is 3. The summed E-state index contributed by atoms with van der Waals surface area (Å²) in [5.74, 6) is 1.26. The summed E-state index contributed by atoms with van der Waals surface area (Å²) in [6.07, 6.45) is 0. The fourth-order valence-corrected chi connectivity index (χ4v) is 4.30. The highest BCUT2D eigenvalue weighted by Crippen LogP contribution is 2.30. The Morgan fingerprint density at radius 2 is 1.71 bits per heavy atom. The van der Waals surface area contributed by atoms with Crippen LogP contribution in [0.15, 0.2) is 41.6 Å². The highest BCUT2D eigenvalue weighted by atomic mass is 32.2. The summed E-state index contributed by atoms with van der Waals surface area (Å²) in [6, 6.07) is 11.6. The molecule has 2 aromatic carbocycles. The Labute approximate surface area is 184 Å². The Hall–Kier alpha value is -3.26. The summed E-state index contributed by atoms with van der Waals surface area (Å²) in [5.41, 5.74) is 5.92. The third-order valence-electron chi connectivity index (χ3n) is 5.28. The zero-order chi connectivity index (χ0) is 22.1. The number of aromatic nitrogens is 3. The molecule has 1 N–H and O–H groups in total. The van der Waals surface area contributed by atoms with E-state index in [1.54, 1.807) is 32.4 Å². The van der Waals surface area contributed by atoms with Crippen molar-refractivity contribution < 1.29 is 14.3 Å². The van der Waals surface area contributed by atoms with Crippen molar-refractivity contribution in [2.75, 3.05) is 25.3 Å². The summed E-state index contributed by atoms with van der Waals surface area (Å²) < 4.78 is 12.6. The van der Waals surface area contributed by atoms with E-state index in [-0.39, 0.29) is 11.7 Å². The number of aryl methyl sites for hydroxylation is 3. The van der Waals surface area contributed by atoms with Crippen LogP contribution in [0.2, 0.25) is 0 Å². The van der Waals surface area contributed by atoms with Crippen molar-refractivity contribution in [3.05, 3.63) is 53.1 Å². The zero-order valence-corrected chi connectivity index (χ0v) is 19.0. The maximum Gasteiger partial charge on any atom is 0.234 e. The molecule has 2 aromatic heterocycles. The minimum absolute atomic E-state index is 0.151. The average Bonchev–Trinajstić information content (AvgIpc) is 3.19. The predicted octanol–water partition coefficient (Wildman–Crippen LogP) is 4.56. The van der Waals surface area contributed by atoms with E-state index in [1.807, 2.05) is 6.92 Å². The van der Waals surface area contributed by atoms with Crippen LogP contribution < -0.4 is 14.8 Å². The molecule has 4 aromatic rings. The highest BCUT2D eigenvalue weighted by molar-refractivity contribution is 7.99. The second-order valence-corrected chi connectivity index (χ2v) is 8.29. The van der Waals surface area contributed by atoms with Crippen LogP contribution in [0.3, 0.4) is 0 Å². The highest BCUT2D eigenvalue weighted by Gasteiger charge is 2.16. The molecule has 0 aliphatic carbocycles. The average molecular weight is 437 g/mol. The first-order valence-corrected chi connectivity index (χ1v) is 10.8. The number of methoxy groups -OCH3 is 2. The van der Waals surface area contributed by atoms with Gasteiger partial charge in [-0.25, -0.2) is 0 Å². The lowest BCUT2D eigenvalue weighted by molar-refractivity contribution is -0.113. The molecule has 0 aliphatic rings. The van der Waals surface area contributed by atoms with Gasteiger partial charge in [0.1, 0.15) is 11.5 Å². The summed E-state index contributed by atoms with van der Waals surface area (Å²) >= 11 is 1.36. The maximum atomic E-state index is 12.6. The number of rotatable bonds is 6. The van der Waals surface area contributed by atoms with Crippen molar-refractivity contribution in [3.63, 3.8) is 0 Å². The first-order chi connectivity index (χ1) is 14.9. The van der Waals surface area contributed by atoms with E-state index in [4.69, 9.17) is 9.47 Å². The lowest BCUT2D eigenvalue weighted by Gasteiger charge is -2.12. The third kappa shape index (κ3) is 4.03. The smallest absolute Gasteiger partial charge is 0.234 e. The Kier molecular flexibility index (Phi) is 5.73. The van der Waals surface area contributed by atoms with Crippen LogP contribution >= 0.6 is 11.8 Å². The number of amides is 1. The number of carbonyl (C=O) groups excluding carboxylic acids is 1. The van der Waals surface area contributed by atoms with Gasteiger partial charge in [0.25, 0.3) is 0 Å². The van der Waals surface area contributed by atoms with Gasteiger partial charge in [-0.05, 0) is 48.9 Å². The Bertz CT molecular complexity index is 1280. The Morgan fingerprint density at radius 3 is 2.39 bits per heavy atom. The van der Waals surface area contributed by atoms with Crippen LogP contribution in [-0.2, 0) is 4.79 Å². The second-order valence-electron chi connectivity index (χ2n) is 7.35. The van der Waals surface area contributed by atoms with Gasteiger partial charge in [-0.15, -0.1) is 10.2 Å². The molecular weight excluding hydrogens is 412 g/mol. The minimum atomic E-state index is -0.151. The molecule has 31 heavy (non-hydrogen) atoms. The standard InChI is InChI=1S/C23H24N4O3S/c1-13-6-7-16-8-14(2)22-25-26-23(27(22)21(16)15(13)3)31-12-20(28)24-17-9-18(29-4)11-19(10-17)30-5/h6-11H,12H2,1-5H3,(H,24,28). The van der Waals surface area contributed by atoms with Crippen molar-refractivity contribution in [3.8, 4) is 11.5 Å². The van der Waals surface area contributed by atoms with Gasteiger partial charge in [0, 0.05) is 23.9 Å². The number of carbonyl (C=O) groups is 1. The normalized spacial score (nSPS) is 11.1. The predicted molar refractivity (Wildman–Crippen MR) is 124 cm³/mol. The summed E-state index contributed by atoms with van der Waals surface area (Å²) in [4.78, 5) is 12.6. The quantitative estimate of drug-likeness (QED) is 0.447.